The van der Waals surface area contributed by atoms with Crippen LogP contribution in [-0.2, 0) is 101 Å². The first kappa shape index (κ1) is 87.2. The van der Waals surface area contributed by atoms with Crippen LogP contribution in [0.1, 0.15) is 75.2 Å². The molecule has 2 aliphatic rings. The maximum Gasteiger partial charge on any atom is 2.00 e. The van der Waals surface area contributed by atoms with Crippen molar-refractivity contribution in [3.63, 3.8) is 0 Å². The van der Waals surface area contributed by atoms with E-state index in [1.54, 1.807) is 0 Å². The van der Waals surface area contributed by atoms with Crippen molar-refractivity contribution in [2.75, 3.05) is 0 Å². The van der Waals surface area contributed by atoms with Gasteiger partial charge < -0.3 is 0 Å². The van der Waals surface area contributed by atoms with Crippen LogP contribution in [0.15, 0.2) is 352 Å². The summed E-state index contributed by atoms with van der Waals surface area (Å²) in [4.78, 5) is 40.7. The van der Waals surface area contributed by atoms with E-state index in [0.717, 1.165) is 242 Å². The summed E-state index contributed by atoms with van der Waals surface area (Å²) in [5, 5.41) is 21.3. The Morgan fingerprint density at radius 1 is 0.183 bits per heavy atom. The summed E-state index contributed by atoms with van der Waals surface area (Å²) in [5.41, 5.74) is 22.7. The summed E-state index contributed by atoms with van der Waals surface area (Å²) >= 11 is 0. The molecule has 0 spiro atoms. The van der Waals surface area contributed by atoms with Crippen molar-refractivity contribution in [3.05, 3.63) is 434 Å². The molecule has 24 aromatic rings. The first-order valence-corrected chi connectivity index (χ1v) is 43.0. The fourth-order valence-corrected chi connectivity index (χ4v) is 18.3. The number of para-hydroxylation sites is 3. The molecule has 10 aromatic heterocycles. The van der Waals surface area contributed by atoms with Crippen molar-refractivity contribution in [1.29, 1.82) is 0 Å². The third-order valence-corrected chi connectivity index (χ3v) is 25.6. The summed E-state index contributed by atoms with van der Waals surface area (Å²) < 4.78 is 0. The van der Waals surface area contributed by atoms with Crippen molar-refractivity contribution in [3.8, 4) is 45.0 Å². The van der Waals surface area contributed by atoms with Gasteiger partial charge in [0.1, 0.15) is 0 Å². The Labute approximate surface area is 816 Å². The molecule has 2 aliphatic heterocycles. The minimum absolute atomic E-state index is 0. The van der Waals surface area contributed by atoms with Crippen molar-refractivity contribution in [2.24, 2.45) is 0 Å². The van der Waals surface area contributed by atoms with Crippen LogP contribution in [0.2, 0.25) is 0 Å². The Morgan fingerprint density at radius 3 is 1.01 bits per heavy atom. The first-order chi connectivity index (χ1) is 62.1. The van der Waals surface area contributed by atoms with Crippen LogP contribution in [0.4, 0.5) is 0 Å². The van der Waals surface area contributed by atoms with E-state index in [2.05, 4.69) is 424 Å². The second kappa shape index (κ2) is 35.3. The number of benzene rings is 14. The molecular formula is C119H76N8Pt4. The van der Waals surface area contributed by atoms with Gasteiger partial charge in [-0.3, -0.25) is 39.9 Å². The van der Waals surface area contributed by atoms with E-state index in [1.165, 1.54) is 0 Å². The fourth-order valence-electron chi connectivity index (χ4n) is 18.3. The maximum atomic E-state index is 5.17. The van der Waals surface area contributed by atoms with Crippen LogP contribution in [0.5, 0.6) is 0 Å². The largest absolute Gasteiger partial charge is 2.00 e. The van der Waals surface area contributed by atoms with E-state index in [-0.39, 0.29) is 101 Å². The monoisotopic (exact) mass is 2400 g/mol. The molecule has 0 aliphatic carbocycles. The summed E-state index contributed by atoms with van der Waals surface area (Å²) in [6.45, 7) is 13.3. The Balaban J connectivity index is 0.000000112. The normalized spacial score (nSPS) is 12.9. The third-order valence-electron chi connectivity index (χ3n) is 25.6. The van der Waals surface area contributed by atoms with Gasteiger partial charge in [0, 0.05) is 60.7 Å². The predicted octanol–water partition coefficient (Wildman–Crippen LogP) is 29.0. The van der Waals surface area contributed by atoms with Gasteiger partial charge in [0.2, 0.25) is 0 Å². The molecule has 0 N–H and O–H groups in total. The second-order valence-corrected chi connectivity index (χ2v) is 34.6. The van der Waals surface area contributed by atoms with Crippen molar-refractivity contribution in [2.45, 2.75) is 57.8 Å². The molecule has 32 bridgehead atoms. The smallest absolute Gasteiger partial charge is 0.296 e. The van der Waals surface area contributed by atoms with E-state index in [0.29, 0.717) is 0 Å². The van der Waals surface area contributed by atoms with Gasteiger partial charge in [-0.25, -0.2) is 11.1 Å². The number of pyridine rings is 8. The summed E-state index contributed by atoms with van der Waals surface area (Å²) in [5.74, 6) is 0. The van der Waals surface area contributed by atoms with Gasteiger partial charge in [0.15, 0.2) is 0 Å². The van der Waals surface area contributed by atoms with Gasteiger partial charge in [0.05, 0.1) is 33.5 Å². The molecule has 632 valence electrons. The molecule has 0 atom stereocenters. The van der Waals surface area contributed by atoms with Crippen molar-refractivity contribution in [1.82, 2.24) is 39.9 Å². The van der Waals surface area contributed by atoms with Crippen LogP contribution in [0, 0.1) is 48.5 Å². The fraction of sp³-hybridized carbons (Fsp3) is 0.0756. The zero-order valence-corrected chi connectivity index (χ0v) is 80.9. The quantitative estimate of drug-likeness (QED) is 0.109. The molecule has 131 heavy (non-hydrogen) atoms. The van der Waals surface area contributed by atoms with Crippen LogP contribution in [0.25, 0.3) is 208 Å². The van der Waals surface area contributed by atoms with E-state index < -0.39 is 0 Å². The topological polar surface area (TPSA) is 103 Å². The molecule has 0 saturated heterocycles. The average molecular weight is 2400 g/mol. The number of hydrogen-bond acceptors (Lipinski definition) is 8. The van der Waals surface area contributed by atoms with Gasteiger partial charge in [-0.05, 0) is 91.6 Å². The maximum absolute atomic E-state index is 5.17. The van der Waals surface area contributed by atoms with Crippen molar-refractivity contribution >= 4 is 163 Å². The summed E-state index contributed by atoms with van der Waals surface area (Å²) in [7, 11) is 0. The molecule has 0 fully saturated rings. The third kappa shape index (κ3) is 16.0. The first-order valence-electron chi connectivity index (χ1n) is 43.0. The molecule has 14 aromatic carbocycles. The van der Waals surface area contributed by atoms with E-state index >= 15 is 0 Å². The molecular weight excluding hydrogens is 2320 g/mol. The summed E-state index contributed by atoms with van der Waals surface area (Å²) in [6, 6.07) is 151. The van der Waals surface area contributed by atoms with Crippen LogP contribution < -0.4 is 0 Å². The minimum Gasteiger partial charge on any atom is -0.296 e. The van der Waals surface area contributed by atoms with E-state index in [1.807, 2.05) is 18.2 Å². The van der Waals surface area contributed by atoms with Gasteiger partial charge in [-0.2, -0.15) is 71.4 Å². The molecule has 26 rings (SSSR count). The zero-order valence-electron chi connectivity index (χ0n) is 71.8. The number of fused-ring (bicyclic) bond motifs is 38. The Morgan fingerprint density at radius 2 is 0.511 bits per heavy atom. The van der Waals surface area contributed by atoms with Crippen molar-refractivity contribution < 1.29 is 84.3 Å². The van der Waals surface area contributed by atoms with Gasteiger partial charge in [0.25, 0.3) is 0 Å². The molecule has 8 nitrogen and oxygen atoms in total. The molecule has 12 heteroatoms. The molecule has 0 saturated carbocycles. The Kier molecular flexibility index (Phi) is 23.5. The van der Waals surface area contributed by atoms with Gasteiger partial charge in [-0.1, -0.05) is 249 Å². The number of aromatic nitrogens is 8. The number of nitrogens with zero attached hydrogens (tertiary/aromatic N) is 8. The van der Waals surface area contributed by atoms with E-state index in [4.69, 9.17) is 39.9 Å². The second-order valence-electron chi connectivity index (χ2n) is 34.6. The zero-order chi connectivity index (χ0) is 85.2. The average Bonchev–Trinajstić information content (AvgIpc) is 0.742. The molecule has 0 unspecified atom stereocenters. The van der Waals surface area contributed by atoms with Gasteiger partial charge in [-0.15, -0.1) is 182 Å². The molecule has 12 heterocycles. The Hall–Kier alpha value is -13.1. The summed E-state index contributed by atoms with van der Waals surface area (Å²) in [6.07, 6.45) is 0. The number of hydrogen-bond donors (Lipinski definition) is 0. The molecule has 0 amide bonds. The number of rotatable bonds is 0. The van der Waals surface area contributed by atoms with Crippen LogP contribution in [-0.4, -0.2) is 39.9 Å². The van der Waals surface area contributed by atoms with Gasteiger partial charge >= 0.3 is 84.3 Å². The van der Waals surface area contributed by atoms with E-state index in [9.17, 15) is 0 Å². The minimum atomic E-state index is -0.287. The standard InChI is InChI=1S/C31H20N2.2C30H16N2.C28H24N2.4Pt/c1-31(2)24-7-3-5-22(17-24)26-15-13-20-11-9-19-10-12-21-14-16-27(23-6-4-8-25(31)18-23)33-30(21)28(19)29(20)32-26;1-7-21-17-23(9-1)25-11-3-5-19-13-15-27(31-29(19)25)28-16-14-20-6-4-12-26(30(20)32-28)24-10-2-8-22(21)18-24;1-7-21-17-22(8-1)27-11-4-12-29(31-27)25-10-2-5-19-13-14-23(18-26(19)25)28-16-15-20-6-3-9-24(21)30(20)32-28;1-27(2)21-11-5-9-19(17-21)20-10-6-12-22(18-20)28(3,4)26-16-8-14-24(30-26)23-13-7-15-25(27)29-23;;;;/h3-16H,1-2H3;2*1-16H;5-16H,1-4H3;;;;/q4*-2;4*+2. The van der Waals surface area contributed by atoms with Crippen LogP contribution >= 0.6 is 0 Å². The van der Waals surface area contributed by atoms with Crippen LogP contribution in [0.3, 0.4) is 0 Å². The Bertz CT molecular complexity index is 7940. The predicted molar refractivity (Wildman–Crippen MR) is 524 cm³/mol. The molecule has 0 radical (unpaired) electrons. The SMILES string of the molecule is CC1(C)c2[c-]c(ccc2)-c2[c-]c(ccc2)C(C)(C)c2cccc(n2)-c2cccc1n2.CC1(C)c2[c-]c(ccc2)-c2ccc3ccc4ccc5ccc(nc5c4c3n2)-c2[c-]c1ccc2.[Pt+2].[Pt+2].[Pt+2].[Pt+2].[c-]1c2cccc1c1cccc3ccc(nc31)c1[c-]c3c(cccc3c3cccc2n3)cc1.[c-]1c2cccc1c1cccc3ccc(nc31)c1ccc3cccc(c4[c-]c2ccc4)c3n1.